The molecule has 1 unspecified atom stereocenters. The van der Waals surface area contributed by atoms with Crippen molar-refractivity contribution in [2.24, 2.45) is 5.92 Å². The lowest BCUT2D eigenvalue weighted by Gasteiger charge is -2.33. The van der Waals surface area contributed by atoms with Crippen LogP contribution in [0.5, 0.6) is 0 Å². The lowest BCUT2D eigenvalue weighted by molar-refractivity contribution is -0.125. The average molecular weight is 421 g/mol. The van der Waals surface area contributed by atoms with Crippen LogP contribution in [0.3, 0.4) is 0 Å². The zero-order chi connectivity index (χ0) is 21.2. The first-order chi connectivity index (χ1) is 15.2. The van der Waals surface area contributed by atoms with E-state index in [1.165, 1.54) is 24.0 Å². The molecular weight excluding hydrogens is 392 g/mol. The third kappa shape index (κ3) is 4.40. The molecule has 3 aromatic heterocycles. The van der Waals surface area contributed by atoms with Crippen LogP contribution in [0.4, 0.5) is 5.69 Å². The van der Waals surface area contributed by atoms with Crippen LogP contribution in [0.2, 0.25) is 0 Å². The molecule has 0 spiro atoms. The van der Waals surface area contributed by atoms with E-state index in [1.54, 1.807) is 11.1 Å². The highest BCUT2D eigenvalue weighted by molar-refractivity contribution is 5.81. The van der Waals surface area contributed by atoms with Gasteiger partial charge in [0.15, 0.2) is 0 Å². The largest absolute Gasteiger partial charge is 0.356 e. The molecule has 0 aliphatic carbocycles. The van der Waals surface area contributed by atoms with E-state index in [-0.39, 0.29) is 5.91 Å². The van der Waals surface area contributed by atoms with Gasteiger partial charge in [0, 0.05) is 38.1 Å². The minimum Gasteiger partial charge on any atom is -0.356 e. The molecule has 8 nitrogen and oxygen atoms in total. The predicted octanol–water partition coefficient (Wildman–Crippen LogP) is 1.79. The van der Waals surface area contributed by atoms with E-state index in [0.717, 1.165) is 37.3 Å². The number of nitrogens with one attached hydrogen (secondary N) is 1. The van der Waals surface area contributed by atoms with Gasteiger partial charge in [-0.05, 0) is 67.6 Å². The van der Waals surface area contributed by atoms with E-state index in [4.69, 9.17) is 0 Å². The first-order valence-corrected chi connectivity index (χ1v) is 11.0. The minimum atomic E-state index is -1.01. The smallest absolute Gasteiger partial charge is 0.225 e. The average Bonchev–Trinajstić information content (AvgIpc) is 3.19. The van der Waals surface area contributed by atoms with E-state index in [0.29, 0.717) is 18.9 Å². The topological polar surface area (TPSA) is 86.0 Å². The van der Waals surface area contributed by atoms with Gasteiger partial charge in [0.1, 0.15) is 0 Å². The lowest BCUT2D eigenvalue weighted by Crippen LogP contribution is -2.54. The van der Waals surface area contributed by atoms with Crippen molar-refractivity contribution in [2.75, 3.05) is 24.5 Å². The summed E-state index contributed by atoms with van der Waals surface area (Å²) >= 11 is 0. The quantitative estimate of drug-likeness (QED) is 0.655. The fourth-order valence-corrected chi connectivity index (χ4v) is 4.68. The summed E-state index contributed by atoms with van der Waals surface area (Å²) < 4.78 is 1.83. The maximum atomic E-state index is 11.5. The molecule has 5 heterocycles. The number of piperidine rings is 1. The molecule has 0 radical (unpaired) electrons. The number of nitrogens with zero attached hydrogens (tertiary/aromatic N) is 5. The SMILES string of the molecule is O=C1CCN(c2cnn3ccc(CC4CCN(Cc5cccnc5)CC4)cc23)C(O)N1. The van der Waals surface area contributed by atoms with Crippen molar-refractivity contribution in [2.45, 2.75) is 38.6 Å². The summed E-state index contributed by atoms with van der Waals surface area (Å²) in [5.41, 5.74) is 4.37. The van der Waals surface area contributed by atoms with Crippen molar-refractivity contribution in [3.8, 4) is 0 Å². The molecule has 0 aromatic carbocycles. The number of amides is 1. The van der Waals surface area contributed by atoms with Crippen molar-refractivity contribution in [1.82, 2.24) is 24.8 Å². The van der Waals surface area contributed by atoms with Crippen LogP contribution in [0.25, 0.3) is 5.52 Å². The zero-order valence-electron chi connectivity index (χ0n) is 17.5. The van der Waals surface area contributed by atoms with Gasteiger partial charge in [-0.2, -0.15) is 5.10 Å². The molecule has 5 rings (SSSR count). The Balaban J connectivity index is 1.24. The molecule has 0 saturated carbocycles. The Bertz CT molecular complexity index is 1040. The number of carbonyl (C=O) groups is 1. The number of likely N-dealkylation sites (tertiary alicyclic amines) is 1. The molecule has 2 saturated heterocycles. The maximum absolute atomic E-state index is 11.5. The Hall–Kier alpha value is -2.97. The predicted molar refractivity (Wildman–Crippen MR) is 117 cm³/mol. The Morgan fingerprint density at radius 3 is 2.77 bits per heavy atom. The number of pyridine rings is 2. The number of rotatable bonds is 5. The Kier molecular flexibility index (Phi) is 5.57. The van der Waals surface area contributed by atoms with Crippen molar-refractivity contribution < 1.29 is 9.90 Å². The summed E-state index contributed by atoms with van der Waals surface area (Å²) in [7, 11) is 0. The van der Waals surface area contributed by atoms with Crippen LogP contribution in [-0.2, 0) is 17.8 Å². The second-order valence-electron chi connectivity index (χ2n) is 8.56. The molecule has 2 aliphatic heterocycles. The van der Waals surface area contributed by atoms with Crippen LogP contribution in [0.1, 0.15) is 30.4 Å². The number of aliphatic hydroxyl groups is 1. The van der Waals surface area contributed by atoms with Crippen LogP contribution in [0.15, 0.2) is 49.1 Å². The number of carbonyl (C=O) groups excluding carboxylic acids is 1. The van der Waals surface area contributed by atoms with Gasteiger partial charge in [-0.15, -0.1) is 0 Å². The summed E-state index contributed by atoms with van der Waals surface area (Å²) in [6, 6.07) is 8.45. The monoisotopic (exact) mass is 420 g/mol. The third-order valence-corrected chi connectivity index (χ3v) is 6.40. The van der Waals surface area contributed by atoms with Gasteiger partial charge in [-0.25, -0.2) is 4.52 Å². The van der Waals surface area contributed by atoms with Crippen LogP contribution in [0, 0.1) is 5.92 Å². The molecule has 0 bridgehead atoms. The first-order valence-electron chi connectivity index (χ1n) is 11.0. The fraction of sp³-hybridized carbons (Fsp3) is 0.435. The number of anilines is 1. The van der Waals surface area contributed by atoms with Gasteiger partial charge < -0.3 is 15.3 Å². The van der Waals surface area contributed by atoms with Crippen molar-refractivity contribution >= 4 is 17.1 Å². The second-order valence-corrected chi connectivity index (χ2v) is 8.56. The Morgan fingerprint density at radius 1 is 1.13 bits per heavy atom. The number of hydrogen-bond donors (Lipinski definition) is 2. The molecule has 2 N–H and O–H groups in total. The van der Waals surface area contributed by atoms with Gasteiger partial charge in [-0.3, -0.25) is 14.7 Å². The summed E-state index contributed by atoms with van der Waals surface area (Å²) in [6.45, 7) is 3.67. The highest BCUT2D eigenvalue weighted by Crippen LogP contribution is 2.27. The van der Waals surface area contributed by atoms with Crippen LogP contribution >= 0.6 is 0 Å². The summed E-state index contributed by atoms with van der Waals surface area (Å²) in [4.78, 5) is 20.1. The molecule has 1 atom stereocenters. The molecule has 1 amide bonds. The van der Waals surface area contributed by atoms with Crippen LogP contribution < -0.4 is 10.2 Å². The molecular formula is C23H28N6O2. The molecule has 31 heavy (non-hydrogen) atoms. The molecule has 2 fully saturated rings. The van der Waals surface area contributed by atoms with E-state index < -0.39 is 6.35 Å². The standard InChI is InChI=1S/C23H28N6O2/c30-22-6-10-28(23(31)26-22)21-15-25-29-11-5-18(13-20(21)29)12-17-3-8-27(9-4-17)16-19-2-1-7-24-14-19/h1-2,5,7,11,13-15,17,23,31H,3-4,6,8-10,12,16H2,(H,26,30). The summed E-state index contributed by atoms with van der Waals surface area (Å²) in [6.07, 6.45) is 10.3. The van der Waals surface area contributed by atoms with Gasteiger partial charge in [-0.1, -0.05) is 6.07 Å². The van der Waals surface area contributed by atoms with Crippen molar-refractivity contribution in [3.63, 3.8) is 0 Å². The van der Waals surface area contributed by atoms with Crippen molar-refractivity contribution in [3.05, 3.63) is 60.2 Å². The normalized spacial score (nSPS) is 20.9. The van der Waals surface area contributed by atoms with E-state index >= 15 is 0 Å². The highest BCUT2D eigenvalue weighted by Gasteiger charge is 2.27. The highest BCUT2D eigenvalue weighted by atomic mass is 16.3. The van der Waals surface area contributed by atoms with E-state index in [1.807, 2.05) is 29.2 Å². The third-order valence-electron chi connectivity index (χ3n) is 6.40. The molecule has 8 heteroatoms. The van der Waals surface area contributed by atoms with Gasteiger partial charge in [0.05, 0.1) is 17.4 Å². The van der Waals surface area contributed by atoms with Gasteiger partial charge in [0.25, 0.3) is 0 Å². The van der Waals surface area contributed by atoms with E-state index in [2.05, 4.69) is 38.5 Å². The molecule has 162 valence electrons. The molecule has 2 aliphatic rings. The van der Waals surface area contributed by atoms with Gasteiger partial charge in [0.2, 0.25) is 12.3 Å². The zero-order valence-corrected chi connectivity index (χ0v) is 17.5. The lowest BCUT2D eigenvalue weighted by atomic mass is 9.90. The minimum absolute atomic E-state index is 0.129. The Morgan fingerprint density at radius 2 is 2.00 bits per heavy atom. The van der Waals surface area contributed by atoms with Gasteiger partial charge >= 0.3 is 0 Å². The summed E-state index contributed by atoms with van der Waals surface area (Å²) in [5.74, 6) is 0.537. The number of hydrogen-bond acceptors (Lipinski definition) is 6. The number of aromatic nitrogens is 3. The number of aliphatic hydroxyl groups excluding tert-OH is 1. The second kappa shape index (κ2) is 8.64. The first kappa shape index (κ1) is 20.0. The van der Waals surface area contributed by atoms with Crippen LogP contribution in [-0.4, -0.2) is 56.5 Å². The van der Waals surface area contributed by atoms with Crippen molar-refractivity contribution in [1.29, 1.82) is 0 Å². The molecule has 3 aromatic rings. The Labute approximate surface area is 181 Å². The van der Waals surface area contributed by atoms with E-state index in [9.17, 15) is 9.90 Å². The maximum Gasteiger partial charge on any atom is 0.225 e. The number of fused-ring (bicyclic) bond motifs is 1. The summed E-state index contributed by atoms with van der Waals surface area (Å²) in [5, 5.41) is 17.3. The fourth-order valence-electron chi connectivity index (χ4n) is 4.68.